The fourth-order valence-electron chi connectivity index (χ4n) is 2.81. The number of aryl methyl sites for hydroxylation is 2. The largest absolute Gasteiger partial charge is 0.497 e. The summed E-state index contributed by atoms with van der Waals surface area (Å²) in [7, 11) is 3.09. The van der Waals surface area contributed by atoms with Crippen molar-refractivity contribution >= 4 is 22.9 Å². The van der Waals surface area contributed by atoms with Crippen molar-refractivity contribution in [3.8, 4) is 16.6 Å². The number of carbonyl (C=O) groups excluding carboxylic acids is 1. The number of amides is 1. The summed E-state index contributed by atoms with van der Waals surface area (Å²) in [6.45, 7) is 3.69. The second-order valence-corrected chi connectivity index (χ2v) is 7.08. The van der Waals surface area contributed by atoms with Crippen LogP contribution in [0.25, 0.3) is 5.13 Å². The van der Waals surface area contributed by atoms with Gasteiger partial charge < -0.3 is 14.8 Å². The molecule has 0 spiro atoms. The van der Waals surface area contributed by atoms with E-state index in [9.17, 15) is 9.59 Å². The Kier molecular flexibility index (Phi) is 5.84. The Morgan fingerprint density at radius 2 is 2.07 bits per heavy atom. The zero-order chi connectivity index (χ0) is 20.3. The van der Waals surface area contributed by atoms with Gasteiger partial charge in [0.1, 0.15) is 11.5 Å². The topological polar surface area (TPSA) is 98.2 Å². The summed E-state index contributed by atoms with van der Waals surface area (Å²) in [6, 6.07) is 5.15. The first-order chi connectivity index (χ1) is 13.4. The number of aromatic nitrogens is 3. The molecule has 2 aromatic heterocycles. The maximum absolute atomic E-state index is 12.7. The van der Waals surface area contributed by atoms with E-state index in [1.807, 2.05) is 19.2 Å². The summed E-state index contributed by atoms with van der Waals surface area (Å²) in [5, 5.41) is 8.32. The Morgan fingerprint density at radius 1 is 1.29 bits per heavy atom. The van der Waals surface area contributed by atoms with Crippen LogP contribution in [0.5, 0.6) is 11.5 Å². The molecule has 0 saturated carbocycles. The first-order valence-electron chi connectivity index (χ1n) is 8.67. The highest BCUT2D eigenvalue weighted by atomic mass is 32.1. The molecule has 0 aliphatic heterocycles. The van der Waals surface area contributed by atoms with Gasteiger partial charge in [-0.2, -0.15) is 4.68 Å². The standard InChI is InChI=1S/C19H22N4O4S/c1-11-10-28-19(20-11)23-18(25)14(12(2)22-23)6-8-17(24)21-15-7-5-13(26-3)9-16(15)27-4/h5,7,9-10,22H,6,8H2,1-4H3,(H,21,24). The van der Waals surface area contributed by atoms with Crippen LogP contribution in [0, 0.1) is 13.8 Å². The van der Waals surface area contributed by atoms with E-state index in [1.54, 1.807) is 25.3 Å². The predicted octanol–water partition coefficient (Wildman–Crippen LogP) is 2.83. The molecule has 0 atom stereocenters. The van der Waals surface area contributed by atoms with E-state index in [0.717, 1.165) is 11.4 Å². The first kappa shape index (κ1) is 19.7. The molecule has 0 saturated heterocycles. The fourth-order valence-corrected chi connectivity index (χ4v) is 3.57. The average Bonchev–Trinajstić information content (AvgIpc) is 3.23. The Bertz CT molecular complexity index is 1050. The molecule has 2 N–H and O–H groups in total. The molecule has 3 aromatic rings. The van der Waals surface area contributed by atoms with Crippen LogP contribution in [-0.2, 0) is 11.2 Å². The number of H-pyrrole nitrogens is 1. The van der Waals surface area contributed by atoms with Crippen LogP contribution in [0.15, 0.2) is 28.4 Å². The summed E-state index contributed by atoms with van der Waals surface area (Å²) >= 11 is 1.39. The van der Waals surface area contributed by atoms with E-state index in [1.165, 1.54) is 23.1 Å². The van der Waals surface area contributed by atoms with Gasteiger partial charge in [0, 0.05) is 29.1 Å². The number of hydrogen-bond acceptors (Lipinski definition) is 6. The lowest BCUT2D eigenvalue weighted by Crippen LogP contribution is -2.19. The summed E-state index contributed by atoms with van der Waals surface area (Å²) < 4.78 is 11.9. The molecule has 0 bridgehead atoms. The normalized spacial score (nSPS) is 10.7. The molecule has 9 heteroatoms. The summed E-state index contributed by atoms with van der Waals surface area (Å²) in [6.07, 6.45) is 0.489. The molecule has 148 valence electrons. The fraction of sp³-hybridized carbons (Fsp3) is 0.316. The molecular formula is C19H22N4O4S. The Labute approximate surface area is 166 Å². The predicted molar refractivity (Wildman–Crippen MR) is 108 cm³/mol. The van der Waals surface area contributed by atoms with Gasteiger partial charge in [-0.3, -0.25) is 14.7 Å². The van der Waals surface area contributed by atoms with E-state index in [0.29, 0.717) is 34.3 Å². The van der Waals surface area contributed by atoms with Crippen molar-refractivity contribution in [2.24, 2.45) is 0 Å². The lowest BCUT2D eigenvalue weighted by molar-refractivity contribution is -0.116. The van der Waals surface area contributed by atoms with Gasteiger partial charge in [0.25, 0.3) is 5.56 Å². The highest BCUT2D eigenvalue weighted by molar-refractivity contribution is 7.12. The van der Waals surface area contributed by atoms with Crippen LogP contribution in [0.3, 0.4) is 0 Å². The molecule has 2 heterocycles. The van der Waals surface area contributed by atoms with Gasteiger partial charge in [0.2, 0.25) is 11.0 Å². The highest BCUT2D eigenvalue weighted by Crippen LogP contribution is 2.29. The molecule has 1 aromatic carbocycles. The zero-order valence-electron chi connectivity index (χ0n) is 16.2. The van der Waals surface area contributed by atoms with Crippen LogP contribution < -0.4 is 20.3 Å². The Hall–Kier alpha value is -3.07. The van der Waals surface area contributed by atoms with Gasteiger partial charge in [-0.05, 0) is 32.4 Å². The third kappa shape index (κ3) is 4.09. The van der Waals surface area contributed by atoms with Crippen LogP contribution >= 0.6 is 11.3 Å². The number of aromatic amines is 1. The Balaban J connectivity index is 1.70. The maximum Gasteiger partial charge on any atom is 0.276 e. The molecule has 1 amide bonds. The SMILES string of the molecule is COc1ccc(NC(=O)CCc2c(C)[nH]n(-c3nc(C)cs3)c2=O)c(OC)c1. The number of rotatable bonds is 7. The molecule has 0 radical (unpaired) electrons. The number of benzene rings is 1. The van der Waals surface area contributed by atoms with Gasteiger partial charge in [0.05, 0.1) is 25.6 Å². The number of anilines is 1. The Morgan fingerprint density at radius 3 is 2.71 bits per heavy atom. The molecule has 0 unspecified atom stereocenters. The number of nitrogens with zero attached hydrogens (tertiary/aromatic N) is 2. The van der Waals surface area contributed by atoms with Crippen LogP contribution in [-0.4, -0.2) is 34.9 Å². The van der Waals surface area contributed by atoms with Gasteiger partial charge in [0.15, 0.2) is 0 Å². The minimum atomic E-state index is -0.208. The van der Waals surface area contributed by atoms with Crippen molar-refractivity contribution in [3.05, 3.63) is 50.9 Å². The molecule has 0 aliphatic rings. The number of carbonyl (C=O) groups is 1. The summed E-state index contributed by atoms with van der Waals surface area (Å²) in [5.74, 6) is 0.933. The van der Waals surface area contributed by atoms with E-state index in [2.05, 4.69) is 15.4 Å². The van der Waals surface area contributed by atoms with E-state index < -0.39 is 0 Å². The van der Waals surface area contributed by atoms with Crippen molar-refractivity contribution in [1.29, 1.82) is 0 Å². The van der Waals surface area contributed by atoms with Crippen LogP contribution in [0.1, 0.15) is 23.4 Å². The van der Waals surface area contributed by atoms with Crippen molar-refractivity contribution < 1.29 is 14.3 Å². The molecule has 0 fully saturated rings. The monoisotopic (exact) mass is 402 g/mol. The van der Waals surface area contributed by atoms with Crippen molar-refractivity contribution in [2.75, 3.05) is 19.5 Å². The smallest absolute Gasteiger partial charge is 0.276 e. The van der Waals surface area contributed by atoms with Gasteiger partial charge in [-0.15, -0.1) is 11.3 Å². The second-order valence-electron chi connectivity index (χ2n) is 6.24. The molecule has 28 heavy (non-hydrogen) atoms. The maximum atomic E-state index is 12.7. The van der Waals surface area contributed by atoms with Crippen molar-refractivity contribution in [2.45, 2.75) is 26.7 Å². The third-order valence-electron chi connectivity index (χ3n) is 4.28. The lowest BCUT2D eigenvalue weighted by Gasteiger charge is -2.11. The number of thiazole rings is 1. The number of hydrogen-bond donors (Lipinski definition) is 2. The van der Waals surface area contributed by atoms with Crippen molar-refractivity contribution in [1.82, 2.24) is 14.8 Å². The van der Waals surface area contributed by atoms with Gasteiger partial charge in [-0.1, -0.05) is 0 Å². The van der Waals surface area contributed by atoms with E-state index in [-0.39, 0.29) is 17.9 Å². The zero-order valence-corrected chi connectivity index (χ0v) is 17.0. The number of nitrogens with one attached hydrogen (secondary N) is 2. The summed E-state index contributed by atoms with van der Waals surface area (Å²) in [4.78, 5) is 29.4. The van der Waals surface area contributed by atoms with Gasteiger partial charge >= 0.3 is 0 Å². The highest BCUT2D eigenvalue weighted by Gasteiger charge is 2.16. The molecule has 8 nitrogen and oxygen atoms in total. The summed E-state index contributed by atoms with van der Waals surface area (Å²) in [5.41, 5.74) is 2.53. The first-order valence-corrected chi connectivity index (χ1v) is 9.55. The lowest BCUT2D eigenvalue weighted by atomic mass is 10.1. The van der Waals surface area contributed by atoms with Crippen LogP contribution in [0.2, 0.25) is 0 Å². The van der Waals surface area contributed by atoms with E-state index >= 15 is 0 Å². The van der Waals surface area contributed by atoms with E-state index in [4.69, 9.17) is 9.47 Å². The number of methoxy groups -OCH3 is 2. The van der Waals surface area contributed by atoms with Gasteiger partial charge in [-0.25, -0.2) is 4.98 Å². The molecular weight excluding hydrogens is 380 g/mol. The quantitative estimate of drug-likeness (QED) is 0.633. The minimum absolute atomic E-state index is 0.167. The molecule has 3 rings (SSSR count). The minimum Gasteiger partial charge on any atom is -0.497 e. The molecule has 0 aliphatic carbocycles. The average molecular weight is 402 g/mol. The second kappa shape index (κ2) is 8.30. The number of ether oxygens (including phenoxy) is 2. The third-order valence-corrected chi connectivity index (χ3v) is 5.22. The van der Waals surface area contributed by atoms with Crippen LogP contribution in [0.4, 0.5) is 5.69 Å². The van der Waals surface area contributed by atoms with Crippen molar-refractivity contribution in [3.63, 3.8) is 0 Å².